The van der Waals surface area contributed by atoms with E-state index in [2.05, 4.69) is 0 Å². The van der Waals surface area contributed by atoms with Crippen LogP contribution in [0.3, 0.4) is 0 Å². The van der Waals surface area contributed by atoms with E-state index in [1.807, 2.05) is 36.4 Å². The lowest BCUT2D eigenvalue weighted by Crippen LogP contribution is -2.32. The topological polar surface area (TPSA) is 81.4 Å². The van der Waals surface area contributed by atoms with Gasteiger partial charge in [0, 0.05) is 19.4 Å². The van der Waals surface area contributed by atoms with Crippen LogP contribution >= 0.6 is 0 Å². The van der Waals surface area contributed by atoms with E-state index in [1.165, 1.54) is 4.90 Å². The molecule has 1 amide bonds. The van der Waals surface area contributed by atoms with Crippen molar-refractivity contribution in [1.82, 2.24) is 4.90 Å². The summed E-state index contributed by atoms with van der Waals surface area (Å²) in [7, 11) is 0. The van der Waals surface area contributed by atoms with Crippen molar-refractivity contribution in [2.75, 3.05) is 6.54 Å². The first-order valence-electron chi connectivity index (χ1n) is 6.43. The van der Waals surface area contributed by atoms with Crippen LogP contribution in [0, 0.1) is 17.2 Å². The Labute approximate surface area is 118 Å². The molecule has 1 unspecified atom stereocenters. The Morgan fingerprint density at radius 2 is 1.95 bits per heavy atom. The molecule has 0 aliphatic rings. The van der Waals surface area contributed by atoms with E-state index in [9.17, 15) is 9.59 Å². The Bertz CT molecular complexity index is 494. The summed E-state index contributed by atoms with van der Waals surface area (Å²) < 4.78 is 0. The highest BCUT2D eigenvalue weighted by atomic mass is 16.4. The fourth-order valence-electron chi connectivity index (χ4n) is 1.92. The molecule has 1 atom stereocenters. The van der Waals surface area contributed by atoms with Gasteiger partial charge in [-0.1, -0.05) is 37.3 Å². The molecule has 0 aromatic heterocycles. The van der Waals surface area contributed by atoms with Crippen LogP contribution in [0.5, 0.6) is 0 Å². The molecular weight excluding hydrogens is 256 g/mol. The zero-order valence-corrected chi connectivity index (χ0v) is 11.5. The lowest BCUT2D eigenvalue weighted by molar-refractivity contribution is -0.138. The number of nitrogens with zero attached hydrogens (tertiary/aromatic N) is 2. The summed E-state index contributed by atoms with van der Waals surface area (Å²) >= 11 is 0. The minimum absolute atomic E-state index is 0.00746. The highest BCUT2D eigenvalue weighted by Gasteiger charge is 2.18. The highest BCUT2D eigenvalue weighted by molar-refractivity contribution is 5.77. The predicted octanol–water partition coefficient (Wildman–Crippen LogP) is 2.04. The Balaban J connectivity index is 2.63. The fraction of sp³-hybridized carbons (Fsp3) is 0.400. The Hall–Kier alpha value is -2.35. The molecule has 0 aliphatic heterocycles. The summed E-state index contributed by atoms with van der Waals surface area (Å²) in [6, 6.07) is 11.4. The monoisotopic (exact) mass is 274 g/mol. The smallest absolute Gasteiger partial charge is 0.303 e. The van der Waals surface area contributed by atoms with E-state index in [1.54, 1.807) is 6.92 Å². The van der Waals surface area contributed by atoms with Crippen LogP contribution in [0.15, 0.2) is 30.3 Å². The number of carboxylic acids is 1. The molecule has 5 heteroatoms. The van der Waals surface area contributed by atoms with E-state index in [4.69, 9.17) is 10.4 Å². The molecule has 5 nitrogen and oxygen atoms in total. The van der Waals surface area contributed by atoms with Crippen LogP contribution in [0.2, 0.25) is 0 Å². The first kappa shape index (κ1) is 15.7. The Morgan fingerprint density at radius 1 is 1.30 bits per heavy atom. The minimum Gasteiger partial charge on any atom is -0.481 e. The Kier molecular flexibility index (Phi) is 6.24. The average molecular weight is 274 g/mol. The lowest BCUT2D eigenvalue weighted by atomic mass is 10.0. The highest BCUT2D eigenvalue weighted by Crippen LogP contribution is 2.12. The van der Waals surface area contributed by atoms with Crippen molar-refractivity contribution in [3.05, 3.63) is 35.9 Å². The second-order valence-electron chi connectivity index (χ2n) is 4.80. The minimum atomic E-state index is -0.916. The molecule has 1 N–H and O–H groups in total. The van der Waals surface area contributed by atoms with Gasteiger partial charge in [-0.25, -0.2) is 0 Å². The summed E-state index contributed by atoms with van der Waals surface area (Å²) in [6.45, 7) is 2.10. The van der Waals surface area contributed by atoms with Crippen molar-refractivity contribution >= 4 is 11.9 Å². The largest absolute Gasteiger partial charge is 0.481 e. The van der Waals surface area contributed by atoms with E-state index in [0.29, 0.717) is 6.54 Å². The van der Waals surface area contributed by atoms with E-state index in [-0.39, 0.29) is 31.2 Å². The molecule has 0 bridgehead atoms. The summed E-state index contributed by atoms with van der Waals surface area (Å²) in [5, 5.41) is 17.5. The van der Waals surface area contributed by atoms with Crippen molar-refractivity contribution in [3.63, 3.8) is 0 Å². The Morgan fingerprint density at radius 3 is 2.50 bits per heavy atom. The third kappa shape index (κ3) is 5.53. The summed E-state index contributed by atoms with van der Waals surface area (Å²) in [5.41, 5.74) is 0.946. The molecule has 0 saturated heterocycles. The van der Waals surface area contributed by atoms with Crippen molar-refractivity contribution in [2.45, 2.75) is 26.3 Å². The molecule has 1 aromatic rings. The third-order valence-electron chi connectivity index (χ3n) is 2.88. The molecule has 106 valence electrons. The number of hydrogen-bond acceptors (Lipinski definition) is 3. The maximum atomic E-state index is 12.1. The van der Waals surface area contributed by atoms with Crippen LogP contribution in [0.4, 0.5) is 0 Å². The number of rotatable bonds is 7. The number of benzene rings is 1. The van der Waals surface area contributed by atoms with E-state index >= 15 is 0 Å². The first-order chi connectivity index (χ1) is 9.52. The second kappa shape index (κ2) is 7.95. The van der Waals surface area contributed by atoms with E-state index < -0.39 is 5.97 Å². The lowest BCUT2D eigenvalue weighted by Gasteiger charge is -2.21. The van der Waals surface area contributed by atoms with Gasteiger partial charge in [-0.3, -0.25) is 9.59 Å². The quantitative estimate of drug-likeness (QED) is 0.771. The molecule has 20 heavy (non-hydrogen) atoms. The van der Waals surface area contributed by atoms with Crippen molar-refractivity contribution in [2.24, 2.45) is 5.92 Å². The molecule has 0 radical (unpaired) electrons. The van der Waals surface area contributed by atoms with Gasteiger partial charge in [-0.2, -0.15) is 5.26 Å². The number of hydrogen-bond donors (Lipinski definition) is 1. The second-order valence-corrected chi connectivity index (χ2v) is 4.80. The zero-order valence-electron chi connectivity index (χ0n) is 11.5. The number of carbonyl (C=O) groups is 2. The predicted molar refractivity (Wildman–Crippen MR) is 73.5 cm³/mol. The average Bonchev–Trinajstić information content (AvgIpc) is 2.38. The normalized spacial score (nSPS) is 11.4. The molecular formula is C15H18N2O3. The van der Waals surface area contributed by atoms with Gasteiger partial charge in [-0.05, 0) is 11.5 Å². The number of amides is 1. The van der Waals surface area contributed by atoms with Gasteiger partial charge >= 0.3 is 5.97 Å². The first-order valence-corrected chi connectivity index (χ1v) is 6.43. The van der Waals surface area contributed by atoms with Crippen molar-refractivity contribution < 1.29 is 14.7 Å². The molecule has 0 saturated carbocycles. The number of nitriles is 1. The summed E-state index contributed by atoms with van der Waals surface area (Å²) in [5.74, 6) is -1.35. The van der Waals surface area contributed by atoms with Crippen LogP contribution in [-0.4, -0.2) is 28.4 Å². The van der Waals surface area contributed by atoms with Gasteiger partial charge in [0.25, 0.3) is 0 Å². The van der Waals surface area contributed by atoms with Gasteiger partial charge in [-0.15, -0.1) is 0 Å². The van der Waals surface area contributed by atoms with Crippen molar-refractivity contribution in [3.8, 4) is 6.07 Å². The van der Waals surface area contributed by atoms with Crippen LogP contribution in [0.25, 0.3) is 0 Å². The van der Waals surface area contributed by atoms with Gasteiger partial charge in [0.05, 0.1) is 6.07 Å². The molecule has 0 spiro atoms. The molecule has 0 heterocycles. The van der Waals surface area contributed by atoms with E-state index in [0.717, 1.165) is 5.56 Å². The zero-order chi connectivity index (χ0) is 15.0. The maximum absolute atomic E-state index is 12.1. The number of carboxylic acid groups (broad SMARTS) is 1. The third-order valence-corrected chi connectivity index (χ3v) is 2.88. The fourth-order valence-corrected chi connectivity index (χ4v) is 1.92. The molecule has 0 fully saturated rings. The standard InChI is InChI=1S/C15H18N2O3/c1-12(10-15(19)20)9-14(18)17(8-7-16)11-13-5-3-2-4-6-13/h2-6,12H,8-11H2,1H3,(H,19,20). The maximum Gasteiger partial charge on any atom is 0.303 e. The van der Waals surface area contributed by atoms with Gasteiger partial charge in [0.1, 0.15) is 6.54 Å². The van der Waals surface area contributed by atoms with Gasteiger partial charge in [0.2, 0.25) is 5.91 Å². The van der Waals surface area contributed by atoms with Gasteiger partial charge < -0.3 is 10.0 Å². The SMILES string of the molecule is CC(CC(=O)O)CC(=O)N(CC#N)Cc1ccccc1. The summed E-state index contributed by atoms with van der Waals surface area (Å²) in [4.78, 5) is 24.2. The van der Waals surface area contributed by atoms with Gasteiger partial charge in [0.15, 0.2) is 0 Å². The van der Waals surface area contributed by atoms with Crippen LogP contribution in [-0.2, 0) is 16.1 Å². The molecule has 1 aromatic carbocycles. The summed E-state index contributed by atoms with van der Waals surface area (Å²) in [6.07, 6.45) is 0.0955. The molecule has 1 rings (SSSR count). The van der Waals surface area contributed by atoms with Crippen LogP contribution < -0.4 is 0 Å². The number of aliphatic carboxylic acids is 1. The molecule has 0 aliphatic carbocycles. The van der Waals surface area contributed by atoms with Crippen LogP contribution in [0.1, 0.15) is 25.3 Å². The number of carbonyl (C=O) groups excluding carboxylic acids is 1. The van der Waals surface area contributed by atoms with Crippen molar-refractivity contribution in [1.29, 1.82) is 5.26 Å².